The summed E-state index contributed by atoms with van der Waals surface area (Å²) in [6.45, 7) is 3.69. The van der Waals surface area contributed by atoms with Crippen LogP contribution in [0.15, 0.2) is 12.7 Å². The Morgan fingerprint density at radius 3 is 2.46 bits per heavy atom. The van der Waals surface area contributed by atoms with Crippen molar-refractivity contribution in [2.24, 2.45) is 0 Å². The van der Waals surface area contributed by atoms with E-state index < -0.39 is 0 Å². The molecule has 0 rings (SSSR count). The van der Waals surface area contributed by atoms with Gasteiger partial charge in [-0.2, -0.15) is 0 Å². The monoisotopic (exact) mass is 174 g/mol. The van der Waals surface area contributed by atoms with Gasteiger partial charge in [-0.1, -0.05) is 31.3 Å². The lowest BCUT2D eigenvalue weighted by Crippen LogP contribution is -1.77. The molecule has 0 amide bonds. The van der Waals surface area contributed by atoms with E-state index in [0.29, 0.717) is 0 Å². The standard InChI is InChI=1S/C13H18/c1-3-5-7-9-11-13-12-10-8-6-4-2/h1,4H,2,6,8-13H2. The normalized spacial score (nSPS) is 8.23. The lowest BCUT2D eigenvalue weighted by Gasteiger charge is -1.96. The first-order chi connectivity index (χ1) is 6.41. The molecule has 70 valence electrons. The van der Waals surface area contributed by atoms with E-state index >= 15 is 0 Å². The second-order valence-corrected chi connectivity index (χ2v) is 3.04. The summed E-state index contributed by atoms with van der Waals surface area (Å²) in [6, 6.07) is 0. The van der Waals surface area contributed by atoms with Crippen LogP contribution >= 0.6 is 0 Å². The zero-order chi connectivity index (χ0) is 9.78. The largest absolute Gasteiger partial charge is 0.106 e. The van der Waals surface area contributed by atoms with Gasteiger partial charge in [-0.3, -0.25) is 0 Å². The first kappa shape index (κ1) is 11.9. The molecule has 0 unspecified atom stereocenters. The quantitative estimate of drug-likeness (QED) is 0.314. The molecule has 0 atom stereocenters. The minimum absolute atomic E-state index is 0.950. The summed E-state index contributed by atoms with van der Waals surface area (Å²) in [5, 5.41) is 0. The number of unbranched alkanes of at least 4 members (excludes halogenated alkanes) is 6. The van der Waals surface area contributed by atoms with Crippen molar-refractivity contribution in [3.8, 4) is 24.2 Å². The van der Waals surface area contributed by atoms with Crippen LogP contribution in [0.5, 0.6) is 0 Å². The summed E-state index contributed by atoms with van der Waals surface area (Å²) in [6.07, 6.45) is 15.4. The Balaban J connectivity index is 3.00. The Morgan fingerprint density at radius 1 is 1.08 bits per heavy atom. The van der Waals surface area contributed by atoms with Gasteiger partial charge in [0, 0.05) is 6.42 Å². The predicted molar refractivity (Wildman–Crippen MR) is 59.1 cm³/mol. The van der Waals surface area contributed by atoms with Gasteiger partial charge in [0.25, 0.3) is 0 Å². The molecular weight excluding hydrogens is 156 g/mol. The van der Waals surface area contributed by atoms with Crippen LogP contribution in [0.2, 0.25) is 0 Å². The van der Waals surface area contributed by atoms with Gasteiger partial charge in [0.2, 0.25) is 0 Å². The van der Waals surface area contributed by atoms with Gasteiger partial charge in [-0.15, -0.1) is 13.0 Å². The summed E-state index contributed by atoms with van der Waals surface area (Å²) < 4.78 is 0. The van der Waals surface area contributed by atoms with Gasteiger partial charge < -0.3 is 0 Å². The predicted octanol–water partition coefficient (Wildman–Crippen LogP) is 3.54. The van der Waals surface area contributed by atoms with Crippen LogP contribution in [0.4, 0.5) is 0 Å². The third-order valence-electron chi connectivity index (χ3n) is 1.87. The number of hydrogen-bond acceptors (Lipinski definition) is 0. The highest BCUT2D eigenvalue weighted by molar-refractivity contribution is 5.21. The summed E-state index contributed by atoms with van der Waals surface area (Å²) in [5.74, 6) is 7.87. The van der Waals surface area contributed by atoms with Crippen molar-refractivity contribution in [2.75, 3.05) is 0 Å². The van der Waals surface area contributed by atoms with Crippen molar-refractivity contribution < 1.29 is 0 Å². The van der Waals surface area contributed by atoms with Gasteiger partial charge in [0.1, 0.15) is 0 Å². The van der Waals surface area contributed by atoms with Crippen LogP contribution in [0.25, 0.3) is 0 Å². The fraction of sp³-hybridized carbons (Fsp3) is 0.538. The second-order valence-electron chi connectivity index (χ2n) is 3.04. The molecule has 0 saturated heterocycles. The van der Waals surface area contributed by atoms with Gasteiger partial charge in [-0.25, -0.2) is 0 Å². The van der Waals surface area contributed by atoms with E-state index in [4.69, 9.17) is 6.42 Å². The third kappa shape index (κ3) is 10.9. The molecule has 0 aliphatic rings. The SMILES string of the molecule is C#CC#CCCCCCCCC=C. The first-order valence-electron chi connectivity index (χ1n) is 4.96. The highest BCUT2D eigenvalue weighted by Gasteiger charge is 1.87. The van der Waals surface area contributed by atoms with Gasteiger partial charge in [-0.05, 0) is 31.1 Å². The van der Waals surface area contributed by atoms with E-state index in [2.05, 4.69) is 24.3 Å². The van der Waals surface area contributed by atoms with Gasteiger partial charge >= 0.3 is 0 Å². The Hall–Kier alpha value is -1.14. The molecular formula is C13H18. The molecule has 0 radical (unpaired) electrons. The molecule has 0 heterocycles. The average Bonchev–Trinajstić information content (AvgIpc) is 2.16. The summed E-state index contributed by atoms with van der Waals surface area (Å²) in [5.41, 5.74) is 0. The number of hydrogen-bond donors (Lipinski definition) is 0. The summed E-state index contributed by atoms with van der Waals surface area (Å²) in [7, 11) is 0. The van der Waals surface area contributed by atoms with E-state index in [1.165, 1.54) is 32.1 Å². The Kier molecular flexibility index (Phi) is 9.91. The maximum atomic E-state index is 4.99. The molecule has 0 saturated carbocycles. The molecule has 13 heavy (non-hydrogen) atoms. The zero-order valence-corrected chi connectivity index (χ0v) is 8.31. The van der Waals surface area contributed by atoms with E-state index in [1.807, 2.05) is 6.08 Å². The Bertz CT molecular complexity index is 206. The lowest BCUT2D eigenvalue weighted by molar-refractivity contribution is 0.625. The van der Waals surface area contributed by atoms with Gasteiger partial charge in [0.05, 0.1) is 0 Å². The van der Waals surface area contributed by atoms with Crippen molar-refractivity contribution in [3.05, 3.63) is 12.7 Å². The molecule has 0 aromatic carbocycles. The second kappa shape index (κ2) is 10.9. The number of rotatable bonds is 7. The molecule has 0 bridgehead atoms. The molecule has 0 aromatic heterocycles. The summed E-state index contributed by atoms with van der Waals surface area (Å²) in [4.78, 5) is 0. The van der Waals surface area contributed by atoms with E-state index in [-0.39, 0.29) is 0 Å². The minimum Gasteiger partial charge on any atom is -0.106 e. The molecule has 0 fully saturated rings. The molecule has 0 spiro atoms. The van der Waals surface area contributed by atoms with E-state index in [9.17, 15) is 0 Å². The van der Waals surface area contributed by atoms with Gasteiger partial charge in [0.15, 0.2) is 0 Å². The minimum atomic E-state index is 0.950. The highest BCUT2D eigenvalue weighted by atomic mass is 13.9. The summed E-state index contributed by atoms with van der Waals surface area (Å²) >= 11 is 0. The Morgan fingerprint density at radius 2 is 1.77 bits per heavy atom. The fourth-order valence-electron chi connectivity index (χ4n) is 1.15. The van der Waals surface area contributed by atoms with Crippen LogP contribution < -0.4 is 0 Å². The molecule has 0 aliphatic carbocycles. The van der Waals surface area contributed by atoms with Crippen molar-refractivity contribution >= 4 is 0 Å². The smallest absolute Gasteiger partial charge is 0.00989 e. The van der Waals surface area contributed by atoms with Crippen molar-refractivity contribution in [1.29, 1.82) is 0 Å². The average molecular weight is 174 g/mol. The Labute approximate surface area is 82.4 Å². The molecule has 0 heteroatoms. The van der Waals surface area contributed by atoms with Crippen molar-refractivity contribution in [1.82, 2.24) is 0 Å². The highest BCUT2D eigenvalue weighted by Crippen LogP contribution is 2.06. The fourth-order valence-corrected chi connectivity index (χ4v) is 1.15. The molecule has 0 aliphatic heterocycles. The maximum absolute atomic E-state index is 4.99. The van der Waals surface area contributed by atoms with Crippen LogP contribution in [0.3, 0.4) is 0 Å². The van der Waals surface area contributed by atoms with Crippen LogP contribution in [-0.4, -0.2) is 0 Å². The van der Waals surface area contributed by atoms with E-state index in [1.54, 1.807) is 0 Å². The molecule has 0 aromatic rings. The van der Waals surface area contributed by atoms with E-state index in [0.717, 1.165) is 12.8 Å². The van der Waals surface area contributed by atoms with Crippen LogP contribution in [0.1, 0.15) is 44.9 Å². The lowest BCUT2D eigenvalue weighted by atomic mass is 10.1. The van der Waals surface area contributed by atoms with Crippen LogP contribution in [0, 0.1) is 24.2 Å². The first-order valence-corrected chi connectivity index (χ1v) is 4.96. The number of terminal acetylenes is 1. The van der Waals surface area contributed by atoms with Crippen molar-refractivity contribution in [2.45, 2.75) is 44.9 Å². The topological polar surface area (TPSA) is 0 Å². The molecule has 0 nitrogen and oxygen atoms in total. The van der Waals surface area contributed by atoms with Crippen LogP contribution in [-0.2, 0) is 0 Å². The zero-order valence-electron chi connectivity index (χ0n) is 8.31. The van der Waals surface area contributed by atoms with Crippen molar-refractivity contribution in [3.63, 3.8) is 0 Å². The maximum Gasteiger partial charge on any atom is 0.00989 e. The molecule has 0 N–H and O–H groups in total. The number of allylic oxidation sites excluding steroid dienone is 1. The third-order valence-corrected chi connectivity index (χ3v) is 1.87.